The molecule has 0 saturated carbocycles. The first-order chi connectivity index (χ1) is 12.7. The maximum atomic E-state index is 12.2. The predicted molar refractivity (Wildman–Crippen MR) is 96.2 cm³/mol. The van der Waals surface area contributed by atoms with Gasteiger partial charge in [-0.15, -0.1) is 0 Å². The smallest absolute Gasteiger partial charge is 0.433 e. The number of hydrogen-bond acceptors (Lipinski definition) is 7. The van der Waals surface area contributed by atoms with Crippen LogP contribution >= 0.6 is 0 Å². The van der Waals surface area contributed by atoms with Crippen LogP contribution in [-0.2, 0) is 10.2 Å². The van der Waals surface area contributed by atoms with Crippen LogP contribution in [0, 0.1) is 10.1 Å². The van der Waals surface area contributed by atoms with Gasteiger partial charge in [-0.05, 0) is 29.2 Å². The van der Waals surface area contributed by atoms with Crippen molar-refractivity contribution in [1.29, 1.82) is 0 Å². The Morgan fingerprint density at radius 2 is 2.07 bits per heavy atom. The Balaban J connectivity index is 1.63. The average Bonchev–Trinajstić information content (AvgIpc) is 3.09. The van der Waals surface area contributed by atoms with Gasteiger partial charge in [0.05, 0.1) is 12.3 Å². The number of nitrogens with one attached hydrogen (secondary N) is 1. The predicted octanol–water partition coefficient (Wildman–Crippen LogP) is 2.78. The summed E-state index contributed by atoms with van der Waals surface area (Å²) in [4.78, 5) is 22.1. The summed E-state index contributed by atoms with van der Waals surface area (Å²) in [7, 11) is 0. The van der Waals surface area contributed by atoms with Crippen molar-refractivity contribution in [3.63, 3.8) is 0 Å². The molecule has 0 fully saturated rings. The number of fused-ring (bicyclic) bond motifs is 1. The molecular formula is C18H19N3O6. The minimum atomic E-state index is -0.865. The lowest BCUT2D eigenvalue weighted by Gasteiger charge is -2.27. The van der Waals surface area contributed by atoms with Gasteiger partial charge in [0, 0.05) is 0 Å². The van der Waals surface area contributed by atoms with Crippen molar-refractivity contribution in [3.8, 4) is 11.5 Å². The number of furan rings is 1. The molecule has 0 aliphatic carbocycles. The molecule has 9 heteroatoms. The van der Waals surface area contributed by atoms with Crippen LogP contribution in [0.2, 0.25) is 0 Å². The molecule has 3 rings (SSSR count). The summed E-state index contributed by atoms with van der Waals surface area (Å²) < 4.78 is 16.2. The van der Waals surface area contributed by atoms with Crippen molar-refractivity contribution in [2.24, 2.45) is 5.10 Å². The highest BCUT2D eigenvalue weighted by atomic mass is 16.6. The zero-order valence-electron chi connectivity index (χ0n) is 15.1. The molecule has 0 radical (unpaired) electrons. The fourth-order valence-corrected chi connectivity index (χ4v) is 2.41. The summed E-state index contributed by atoms with van der Waals surface area (Å²) in [5.41, 5.74) is 3.30. The molecule has 1 amide bonds. The van der Waals surface area contributed by atoms with Gasteiger partial charge in [-0.3, -0.25) is 14.9 Å². The maximum absolute atomic E-state index is 12.2. The van der Waals surface area contributed by atoms with E-state index in [9.17, 15) is 14.9 Å². The molecule has 1 aliphatic rings. The third-order valence-corrected chi connectivity index (χ3v) is 3.92. The van der Waals surface area contributed by atoms with Crippen molar-refractivity contribution in [2.75, 3.05) is 6.61 Å². The fourth-order valence-electron chi connectivity index (χ4n) is 2.41. The highest BCUT2D eigenvalue weighted by molar-refractivity contribution is 5.84. The summed E-state index contributed by atoms with van der Waals surface area (Å²) in [6, 6.07) is 8.23. The zero-order valence-corrected chi connectivity index (χ0v) is 15.1. The van der Waals surface area contributed by atoms with Gasteiger partial charge in [0.25, 0.3) is 5.91 Å². The molecule has 2 heterocycles. The SMILES string of the molecule is CC(C)(C)c1ccc2c(c1)O[C@@H](C(=O)N/N=C/c1ccc([N+](=O)[O-])o1)CO2. The molecular weight excluding hydrogens is 354 g/mol. The highest BCUT2D eigenvalue weighted by Gasteiger charge is 2.28. The molecule has 0 spiro atoms. The Hall–Kier alpha value is -3.36. The van der Waals surface area contributed by atoms with Crippen molar-refractivity contribution in [1.82, 2.24) is 5.43 Å². The first-order valence-electron chi connectivity index (χ1n) is 8.25. The van der Waals surface area contributed by atoms with Crippen LogP contribution in [0.25, 0.3) is 0 Å². The number of amides is 1. The number of rotatable bonds is 4. The van der Waals surface area contributed by atoms with Gasteiger partial charge in [0.2, 0.25) is 6.10 Å². The van der Waals surface area contributed by atoms with E-state index in [1.54, 1.807) is 0 Å². The minimum absolute atomic E-state index is 0.0510. The van der Waals surface area contributed by atoms with Crippen molar-refractivity contribution in [3.05, 3.63) is 51.8 Å². The van der Waals surface area contributed by atoms with E-state index >= 15 is 0 Å². The first kappa shape index (κ1) is 18.4. The number of hydrogen-bond donors (Lipinski definition) is 1. The van der Waals surface area contributed by atoms with Crippen LogP contribution in [0.15, 0.2) is 39.9 Å². The Labute approximate surface area is 155 Å². The lowest BCUT2D eigenvalue weighted by atomic mass is 9.87. The van der Waals surface area contributed by atoms with Crippen LogP contribution in [0.4, 0.5) is 5.88 Å². The number of nitrogens with zero attached hydrogens (tertiary/aromatic N) is 2. The average molecular weight is 373 g/mol. The van der Waals surface area contributed by atoms with E-state index in [4.69, 9.17) is 13.9 Å². The Kier molecular flexibility index (Phi) is 4.85. The van der Waals surface area contributed by atoms with E-state index in [0.29, 0.717) is 11.5 Å². The summed E-state index contributed by atoms with van der Waals surface area (Å²) >= 11 is 0. The van der Waals surface area contributed by atoms with Crippen LogP contribution in [0.5, 0.6) is 11.5 Å². The van der Waals surface area contributed by atoms with Gasteiger partial charge in [0.1, 0.15) is 11.5 Å². The molecule has 9 nitrogen and oxygen atoms in total. The lowest BCUT2D eigenvalue weighted by Crippen LogP contribution is -2.42. The summed E-state index contributed by atoms with van der Waals surface area (Å²) in [5.74, 6) is 0.318. The minimum Gasteiger partial charge on any atom is -0.485 e. The van der Waals surface area contributed by atoms with Crippen LogP contribution < -0.4 is 14.9 Å². The molecule has 0 unspecified atom stereocenters. The third-order valence-electron chi connectivity index (χ3n) is 3.92. The molecule has 0 saturated heterocycles. The Morgan fingerprint density at radius 1 is 1.30 bits per heavy atom. The summed E-state index contributed by atoms with van der Waals surface area (Å²) in [6.45, 7) is 6.29. The van der Waals surface area contributed by atoms with Gasteiger partial charge in [0.15, 0.2) is 17.3 Å². The van der Waals surface area contributed by atoms with Crippen LogP contribution in [0.3, 0.4) is 0 Å². The van der Waals surface area contributed by atoms with Crippen LogP contribution in [0.1, 0.15) is 32.1 Å². The monoisotopic (exact) mass is 373 g/mol. The molecule has 142 valence electrons. The molecule has 1 atom stereocenters. The van der Waals surface area contributed by atoms with Gasteiger partial charge in [-0.2, -0.15) is 5.10 Å². The van der Waals surface area contributed by atoms with Crippen LogP contribution in [-0.4, -0.2) is 29.8 Å². The molecule has 1 aromatic heterocycles. The second-order valence-corrected chi connectivity index (χ2v) is 7.00. The third kappa shape index (κ3) is 4.25. The number of carbonyl (C=O) groups excluding carboxylic acids is 1. The normalized spacial score (nSPS) is 16.3. The summed E-state index contributed by atoms with van der Waals surface area (Å²) in [5, 5.41) is 14.3. The molecule has 0 bridgehead atoms. The molecule has 2 aromatic rings. The van der Waals surface area contributed by atoms with E-state index in [-0.39, 0.29) is 17.8 Å². The molecule has 27 heavy (non-hydrogen) atoms. The van der Waals surface area contributed by atoms with Gasteiger partial charge in [-0.1, -0.05) is 26.8 Å². The Morgan fingerprint density at radius 3 is 2.74 bits per heavy atom. The highest BCUT2D eigenvalue weighted by Crippen LogP contribution is 2.36. The molecule has 1 aromatic carbocycles. The number of carbonyl (C=O) groups is 1. The van der Waals surface area contributed by atoms with E-state index in [1.807, 2.05) is 18.2 Å². The summed E-state index contributed by atoms with van der Waals surface area (Å²) in [6.07, 6.45) is 0.302. The van der Waals surface area contributed by atoms with E-state index in [2.05, 4.69) is 31.3 Å². The largest absolute Gasteiger partial charge is 0.485 e. The maximum Gasteiger partial charge on any atom is 0.433 e. The fraction of sp³-hybridized carbons (Fsp3) is 0.333. The number of nitro groups is 1. The van der Waals surface area contributed by atoms with E-state index in [0.717, 1.165) is 5.56 Å². The first-order valence-corrected chi connectivity index (χ1v) is 8.25. The second-order valence-electron chi connectivity index (χ2n) is 7.00. The van der Waals surface area contributed by atoms with Gasteiger partial charge >= 0.3 is 5.88 Å². The van der Waals surface area contributed by atoms with Crippen molar-refractivity contribution in [2.45, 2.75) is 32.3 Å². The van der Waals surface area contributed by atoms with Crippen molar-refractivity contribution < 1.29 is 23.6 Å². The second kappa shape index (κ2) is 7.10. The Bertz CT molecular complexity index is 897. The topological polar surface area (TPSA) is 116 Å². The van der Waals surface area contributed by atoms with Gasteiger partial charge in [-0.25, -0.2) is 5.43 Å². The standard InChI is InChI=1S/C18H19N3O6/c1-18(2,3)11-4-6-13-14(8-11)27-15(10-25-13)17(22)20-19-9-12-5-7-16(26-12)21(23)24/h4-9,15H,10H2,1-3H3,(H,20,22)/b19-9+/t15-/m1/s1. The van der Waals surface area contributed by atoms with E-state index < -0.39 is 22.8 Å². The van der Waals surface area contributed by atoms with Gasteiger partial charge < -0.3 is 13.9 Å². The quantitative estimate of drug-likeness (QED) is 0.500. The van der Waals surface area contributed by atoms with Crippen molar-refractivity contribution >= 4 is 18.0 Å². The number of hydrazone groups is 1. The molecule has 1 aliphatic heterocycles. The number of benzene rings is 1. The van der Waals surface area contributed by atoms with E-state index in [1.165, 1.54) is 18.3 Å². The number of ether oxygens (including phenoxy) is 2. The zero-order chi connectivity index (χ0) is 19.6. The lowest BCUT2D eigenvalue weighted by molar-refractivity contribution is -0.402. The molecule has 1 N–H and O–H groups in total.